The fourth-order valence-electron chi connectivity index (χ4n) is 1.67. The SMILES string of the molecule is COCCN(CCCl)CCCOc1ccccc1. The first-order chi connectivity index (χ1) is 8.86. The number of nitrogens with zero attached hydrogens (tertiary/aromatic N) is 1. The summed E-state index contributed by atoms with van der Waals surface area (Å²) >= 11 is 5.77. The first-order valence-corrected chi connectivity index (χ1v) is 6.85. The molecule has 0 atom stereocenters. The highest BCUT2D eigenvalue weighted by Gasteiger charge is 2.03. The molecule has 0 saturated carbocycles. The van der Waals surface area contributed by atoms with Crippen LogP contribution in [-0.2, 0) is 4.74 Å². The molecule has 0 unspecified atom stereocenters. The molecule has 3 nitrogen and oxygen atoms in total. The molecule has 0 aliphatic heterocycles. The summed E-state index contributed by atoms with van der Waals surface area (Å²) in [4.78, 5) is 2.30. The van der Waals surface area contributed by atoms with Gasteiger partial charge in [-0.25, -0.2) is 0 Å². The van der Waals surface area contributed by atoms with Gasteiger partial charge in [0.1, 0.15) is 5.75 Å². The molecule has 0 N–H and O–H groups in total. The number of benzene rings is 1. The van der Waals surface area contributed by atoms with Crippen LogP contribution in [0.3, 0.4) is 0 Å². The maximum atomic E-state index is 5.77. The van der Waals surface area contributed by atoms with E-state index in [1.807, 2.05) is 30.3 Å². The van der Waals surface area contributed by atoms with Crippen molar-refractivity contribution in [3.05, 3.63) is 30.3 Å². The van der Waals surface area contributed by atoms with E-state index in [2.05, 4.69) is 4.90 Å². The van der Waals surface area contributed by atoms with E-state index in [9.17, 15) is 0 Å². The summed E-state index contributed by atoms with van der Waals surface area (Å²) in [5.41, 5.74) is 0. The Morgan fingerprint density at radius 3 is 2.50 bits per heavy atom. The Morgan fingerprint density at radius 1 is 1.06 bits per heavy atom. The van der Waals surface area contributed by atoms with Crippen molar-refractivity contribution in [1.29, 1.82) is 0 Å². The molecule has 0 fully saturated rings. The molecule has 102 valence electrons. The highest BCUT2D eigenvalue weighted by atomic mass is 35.5. The average molecular weight is 272 g/mol. The summed E-state index contributed by atoms with van der Waals surface area (Å²) in [5.74, 6) is 1.58. The van der Waals surface area contributed by atoms with Crippen molar-refractivity contribution < 1.29 is 9.47 Å². The van der Waals surface area contributed by atoms with E-state index in [1.54, 1.807) is 7.11 Å². The fraction of sp³-hybridized carbons (Fsp3) is 0.571. The topological polar surface area (TPSA) is 21.7 Å². The van der Waals surface area contributed by atoms with Gasteiger partial charge in [-0.05, 0) is 18.6 Å². The molecule has 18 heavy (non-hydrogen) atoms. The van der Waals surface area contributed by atoms with Crippen molar-refractivity contribution in [3.63, 3.8) is 0 Å². The molecule has 1 aromatic carbocycles. The molecule has 0 radical (unpaired) electrons. The Hall–Kier alpha value is -0.770. The van der Waals surface area contributed by atoms with Gasteiger partial charge in [-0.3, -0.25) is 4.90 Å². The van der Waals surface area contributed by atoms with E-state index in [0.29, 0.717) is 5.88 Å². The van der Waals surface area contributed by atoms with Crippen molar-refractivity contribution in [1.82, 2.24) is 4.90 Å². The number of halogens is 1. The second kappa shape index (κ2) is 10.2. The smallest absolute Gasteiger partial charge is 0.119 e. The molecule has 1 aromatic rings. The van der Waals surface area contributed by atoms with Crippen LogP contribution < -0.4 is 4.74 Å². The molecule has 0 aliphatic rings. The van der Waals surface area contributed by atoms with Crippen molar-refractivity contribution in [3.8, 4) is 5.75 Å². The summed E-state index contributed by atoms with van der Waals surface area (Å²) in [5, 5.41) is 0. The normalized spacial score (nSPS) is 10.8. The van der Waals surface area contributed by atoms with Crippen LogP contribution in [0.1, 0.15) is 6.42 Å². The Balaban J connectivity index is 2.14. The average Bonchev–Trinajstić information content (AvgIpc) is 2.42. The molecule has 0 spiro atoms. The van der Waals surface area contributed by atoms with Gasteiger partial charge in [0.15, 0.2) is 0 Å². The first kappa shape index (κ1) is 15.3. The summed E-state index contributed by atoms with van der Waals surface area (Å²) in [6.45, 7) is 4.29. The van der Waals surface area contributed by atoms with Gasteiger partial charge in [-0.1, -0.05) is 18.2 Å². The third-order valence-electron chi connectivity index (χ3n) is 2.64. The molecule has 0 aliphatic carbocycles. The van der Waals surface area contributed by atoms with E-state index >= 15 is 0 Å². The number of hydrogen-bond donors (Lipinski definition) is 0. The van der Waals surface area contributed by atoms with Gasteiger partial charge in [0, 0.05) is 32.6 Å². The van der Waals surface area contributed by atoms with Crippen LogP contribution in [-0.4, -0.2) is 50.7 Å². The largest absolute Gasteiger partial charge is 0.494 e. The zero-order chi connectivity index (χ0) is 13.1. The van der Waals surface area contributed by atoms with Gasteiger partial charge < -0.3 is 9.47 Å². The molecule has 0 saturated heterocycles. The number of methoxy groups -OCH3 is 1. The highest BCUT2D eigenvalue weighted by Crippen LogP contribution is 2.08. The van der Waals surface area contributed by atoms with Crippen LogP contribution in [0.15, 0.2) is 30.3 Å². The van der Waals surface area contributed by atoms with Crippen LogP contribution in [0.2, 0.25) is 0 Å². The number of rotatable bonds is 10. The van der Waals surface area contributed by atoms with Crippen LogP contribution in [0.4, 0.5) is 0 Å². The minimum atomic E-state index is 0.656. The lowest BCUT2D eigenvalue weighted by molar-refractivity contribution is 0.146. The number of alkyl halides is 1. The lowest BCUT2D eigenvalue weighted by atomic mass is 10.3. The Labute approximate surface area is 115 Å². The quantitative estimate of drug-likeness (QED) is 0.482. The third-order valence-corrected chi connectivity index (χ3v) is 2.81. The second-order valence-electron chi connectivity index (χ2n) is 4.04. The minimum Gasteiger partial charge on any atom is -0.494 e. The van der Waals surface area contributed by atoms with Crippen molar-refractivity contribution in [2.75, 3.05) is 45.8 Å². The molecule has 0 bridgehead atoms. The predicted molar refractivity (Wildman–Crippen MR) is 75.6 cm³/mol. The summed E-state index contributed by atoms with van der Waals surface area (Å²) in [6, 6.07) is 9.89. The van der Waals surface area contributed by atoms with Gasteiger partial charge in [0.2, 0.25) is 0 Å². The summed E-state index contributed by atoms with van der Waals surface area (Å²) < 4.78 is 10.7. The minimum absolute atomic E-state index is 0.656. The van der Waals surface area contributed by atoms with Crippen molar-refractivity contribution >= 4 is 11.6 Å². The first-order valence-electron chi connectivity index (χ1n) is 6.32. The fourth-order valence-corrected chi connectivity index (χ4v) is 1.91. The standard InChI is InChI=1S/C14H22ClNO2/c1-17-13-11-16(10-8-15)9-5-12-18-14-6-3-2-4-7-14/h2-4,6-7H,5,8-13H2,1H3. The Morgan fingerprint density at radius 2 is 1.83 bits per heavy atom. The molecule has 0 heterocycles. The molecule has 0 amide bonds. The van der Waals surface area contributed by atoms with Gasteiger partial charge in [-0.2, -0.15) is 0 Å². The van der Waals surface area contributed by atoms with E-state index in [4.69, 9.17) is 21.1 Å². The Kier molecular flexibility index (Phi) is 8.65. The van der Waals surface area contributed by atoms with E-state index < -0.39 is 0 Å². The molecule has 0 aromatic heterocycles. The van der Waals surface area contributed by atoms with Gasteiger partial charge in [0.05, 0.1) is 13.2 Å². The zero-order valence-electron chi connectivity index (χ0n) is 11.0. The van der Waals surface area contributed by atoms with Crippen molar-refractivity contribution in [2.24, 2.45) is 0 Å². The molecular formula is C14H22ClNO2. The molecular weight excluding hydrogens is 250 g/mol. The van der Waals surface area contributed by atoms with Crippen LogP contribution >= 0.6 is 11.6 Å². The lowest BCUT2D eigenvalue weighted by Crippen LogP contribution is -2.31. The lowest BCUT2D eigenvalue weighted by Gasteiger charge is -2.20. The van der Waals surface area contributed by atoms with Gasteiger partial charge in [0.25, 0.3) is 0 Å². The summed E-state index contributed by atoms with van der Waals surface area (Å²) in [6.07, 6.45) is 0.996. The maximum Gasteiger partial charge on any atom is 0.119 e. The predicted octanol–water partition coefficient (Wildman–Crippen LogP) is 2.64. The van der Waals surface area contributed by atoms with E-state index in [-0.39, 0.29) is 0 Å². The zero-order valence-corrected chi connectivity index (χ0v) is 11.7. The Bertz CT molecular complexity index is 295. The van der Waals surface area contributed by atoms with E-state index in [1.165, 1.54) is 0 Å². The van der Waals surface area contributed by atoms with Gasteiger partial charge in [-0.15, -0.1) is 11.6 Å². The van der Waals surface area contributed by atoms with E-state index in [0.717, 1.165) is 45.0 Å². The van der Waals surface area contributed by atoms with Crippen LogP contribution in [0.25, 0.3) is 0 Å². The van der Waals surface area contributed by atoms with Crippen LogP contribution in [0.5, 0.6) is 5.75 Å². The van der Waals surface area contributed by atoms with Crippen LogP contribution in [0, 0.1) is 0 Å². The third kappa shape index (κ3) is 6.84. The number of ether oxygens (including phenoxy) is 2. The molecule has 4 heteroatoms. The second-order valence-corrected chi connectivity index (χ2v) is 4.42. The monoisotopic (exact) mass is 271 g/mol. The highest BCUT2D eigenvalue weighted by molar-refractivity contribution is 6.18. The van der Waals surface area contributed by atoms with Crippen molar-refractivity contribution in [2.45, 2.75) is 6.42 Å². The van der Waals surface area contributed by atoms with Gasteiger partial charge >= 0.3 is 0 Å². The number of para-hydroxylation sites is 1. The molecule has 1 rings (SSSR count). The number of hydrogen-bond acceptors (Lipinski definition) is 3. The summed E-state index contributed by atoms with van der Waals surface area (Å²) in [7, 11) is 1.72. The maximum absolute atomic E-state index is 5.77.